The summed E-state index contributed by atoms with van der Waals surface area (Å²) in [7, 11) is -4.03. The number of para-hydroxylation sites is 1. The molecular formula is C32H33N3O4S. The summed E-state index contributed by atoms with van der Waals surface area (Å²) in [5, 5.41) is 2.86. The van der Waals surface area contributed by atoms with Gasteiger partial charge in [0.1, 0.15) is 18.0 Å². The quantitative estimate of drug-likeness (QED) is 0.251. The van der Waals surface area contributed by atoms with Gasteiger partial charge in [0.2, 0.25) is 5.91 Å². The minimum Gasteiger partial charge on any atom is -0.457 e. The number of nitrogens with zero attached hydrogens (tertiary/aromatic N) is 2. The van der Waals surface area contributed by atoms with Crippen LogP contribution in [-0.4, -0.2) is 34.0 Å². The van der Waals surface area contributed by atoms with Gasteiger partial charge in [-0.3, -0.25) is 9.10 Å². The van der Waals surface area contributed by atoms with Crippen molar-refractivity contribution in [2.75, 3.05) is 34.2 Å². The Kier molecular flexibility index (Phi) is 8.36. The van der Waals surface area contributed by atoms with Crippen LogP contribution in [0.25, 0.3) is 0 Å². The predicted molar refractivity (Wildman–Crippen MR) is 160 cm³/mol. The molecule has 206 valence electrons. The molecule has 0 aromatic heterocycles. The van der Waals surface area contributed by atoms with Crippen LogP contribution in [0.1, 0.15) is 24.8 Å². The molecule has 8 heteroatoms. The molecule has 1 heterocycles. The smallest absolute Gasteiger partial charge is 0.264 e. The highest BCUT2D eigenvalue weighted by Gasteiger charge is 2.27. The van der Waals surface area contributed by atoms with E-state index in [1.165, 1.54) is 19.3 Å². The summed E-state index contributed by atoms with van der Waals surface area (Å²) in [6, 6.07) is 30.3. The van der Waals surface area contributed by atoms with Gasteiger partial charge >= 0.3 is 0 Å². The number of carbonyl (C=O) groups is 1. The third kappa shape index (κ3) is 6.63. The zero-order chi connectivity index (χ0) is 28.0. The highest BCUT2D eigenvalue weighted by molar-refractivity contribution is 7.92. The average molecular weight is 556 g/mol. The fourth-order valence-electron chi connectivity index (χ4n) is 4.70. The number of aryl methyl sites for hydroxylation is 1. The van der Waals surface area contributed by atoms with E-state index in [2.05, 4.69) is 10.2 Å². The Labute approximate surface area is 236 Å². The number of anilines is 3. The summed E-state index contributed by atoms with van der Waals surface area (Å²) in [4.78, 5) is 15.6. The lowest BCUT2D eigenvalue weighted by atomic mass is 10.1. The van der Waals surface area contributed by atoms with Gasteiger partial charge in [0, 0.05) is 24.5 Å². The van der Waals surface area contributed by atoms with Crippen LogP contribution in [0.4, 0.5) is 17.1 Å². The van der Waals surface area contributed by atoms with Crippen molar-refractivity contribution in [3.8, 4) is 11.5 Å². The first-order chi connectivity index (χ1) is 19.4. The van der Waals surface area contributed by atoms with Gasteiger partial charge in [-0.15, -0.1) is 0 Å². The average Bonchev–Trinajstić information content (AvgIpc) is 2.98. The summed E-state index contributed by atoms with van der Waals surface area (Å²) in [5.74, 6) is 0.789. The lowest BCUT2D eigenvalue weighted by molar-refractivity contribution is -0.114. The first kappa shape index (κ1) is 27.3. The molecule has 4 aromatic rings. The van der Waals surface area contributed by atoms with E-state index in [0.717, 1.165) is 28.6 Å². The summed E-state index contributed by atoms with van der Waals surface area (Å²) in [5.41, 5.74) is 3.04. The van der Waals surface area contributed by atoms with Gasteiger partial charge in [-0.25, -0.2) is 8.42 Å². The van der Waals surface area contributed by atoms with Crippen molar-refractivity contribution in [3.05, 3.63) is 109 Å². The second-order valence-corrected chi connectivity index (χ2v) is 11.7. The number of rotatable bonds is 9. The maximum absolute atomic E-state index is 13.7. The molecule has 1 saturated heterocycles. The standard InChI is InChI=1S/C32H33N3O4S/c1-25-10-20-31(21-11-25)40(37,38)35(28-16-18-30(19-17-28)39-29-8-4-2-5-9-29)24-32(36)33-26-12-14-27(15-13-26)34-22-6-3-7-23-34/h2,4-5,8-21H,3,6-7,22-24H2,1H3,(H,33,36). The minimum absolute atomic E-state index is 0.112. The topological polar surface area (TPSA) is 79.0 Å². The van der Waals surface area contributed by atoms with Crippen molar-refractivity contribution in [2.45, 2.75) is 31.1 Å². The number of benzene rings is 4. The number of piperidine rings is 1. The molecule has 0 bridgehead atoms. The fraction of sp³-hybridized carbons (Fsp3) is 0.219. The van der Waals surface area contributed by atoms with Gasteiger partial charge in [0.05, 0.1) is 10.6 Å². The van der Waals surface area contributed by atoms with Crippen LogP contribution in [0, 0.1) is 6.92 Å². The van der Waals surface area contributed by atoms with Gasteiger partial charge in [-0.2, -0.15) is 0 Å². The second-order valence-electron chi connectivity index (χ2n) is 9.88. The minimum atomic E-state index is -4.03. The number of hydrogen-bond acceptors (Lipinski definition) is 5. The highest BCUT2D eigenvalue weighted by Crippen LogP contribution is 2.28. The molecule has 0 spiro atoms. The monoisotopic (exact) mass is 555 g/mol. The van der Waals surface area contributed by atoms with E-state index >= 15 is 0 Å². The van der Waals surface area contributed by atoms with Crippen LogP contribution in [0.5, 0.6) is 11.5 Å². The van der Waals surface area contributed by atoms with Gasteiger partial charge in [-0.1, -0.05) is 35.9 Å². The normalized spacial score (nSPS) is 13.5. The molecule has 0 unspecified atom stereocenters. The molecule has 0 radical (unpaired) electrons. The molecule has 1 aliphatic heterocycles. The number of sulfonamides is 1. The molecule has 1 amide bonds. The molecule has 4 aromatic carbocycles. The number of carbonyl (C=O) groups excluding carboxylic acids is 1. The van der Waals surface area contributed by atoms with Crippen LogP contribution in [0.3, 0.4) is 0 Å². The summed E-state index contributed by atoms with van der Waals surface area (Å²) in [6.07, 6.45) is 3.63. The highest BCUT2D eigenvalue weighted by atomic mass is 32.2. The van der Waals surface area contributed by atoms with E-state index < -0.39 is 15.9 Å². The summed E-state index contributed by atoms with van der Waals surface area (Å²) >= 11 is 0. The van der Waals surface area contributed by atoms with Crippen LogP contribution >= 0.6 is 0 Å². The van der Waals surface area contributed by atoms with Crippen molar-refractivity contribution >= 4 is 33.0 Å². The van der Waals surface area contributed by atoms with Crippen molar-refractivity contribution in [3.63, 3.8) is 0 Å². The zero-order valence-electron chi connectivity index (χ0n) is 22.5. The molecule has 1 fully saturated rings. The second kappa shape index (κ2) is 12.3. The Hall–Kier alpha value is -4.30. The van der Waals surface area contributed by atoms with E-state index in [1.807, 2.05) is 61.5 Å². The van der Waals surface area contributed by atoms with Gasteiger partial charge < -0.3 is 15.0 Å². The Morgan fingerprint density at radius 3 is 2.08 bits per heavy atom. The van der Waals surface area contributed by atoms with Crippen molar-refractivity contribution in [1.82, 2.24) is 0 Å². The van der Waals surface area contributed by atoms with E-state index in [-0.39, 0.29) is 11.4 Å². The van der Waals surface area contributed by atoms with Gasteiger partial charge in [0.25, 0.3) is 10.0 Å². The third-order valence-electron chi connectivity index (χ3n) is 6.87. The molecule has 5 rings (SSSR count). The zero-order valence-corrected chi connectivity index (χ0v) is 23.3. The Bertz CT molecular complexity index is 1520. The molecule has 1 aliphatic rings. The number of hydrogen-bond donors (Lipinski definition) is 1. The third-order valence-corrected chi connectivity index (χ3v) is 8.66. The molecular weight excluding hydrogens is 522 g/mol. The molecule has 7 nitrogen and oxygen atoms in total. The number of nitrogens with one attached hydrogen (secondary N) is 1. The van der Waals surface area contributed by atoms with Crippen LogP contribution in [0.2, 0.25) is 0 Å². The Morgan fingerprint density at radius 1 is 0.800 bits per heavy atom. The van der Waals surface area contributed by atoms with Gasteiger partial charge in [-0.05, 0) is 99.0 Å². The lowest BCUT2D eigenvalue weighted by Crippen LogP contribution is -2.38. The summed E-state index contributed by atoms with van der Waals surface area (Å²) < 4.78 is 34.5. The first-order valence-corrected chi connectivity index (χ1v) is 14.9. The fourth-order valence-corrected chi connectivity index (χ4v) is 6.12. The predicted octanol–water partition coefficient (Wildman–Crippen LogP) is 6.61. The molecule has 40 heavy (non-hydrogen) atoms. The SMILES string of the molecule is Cc1ccc(S(=O)(=O)N(CC(=O)Nc2ccc(N3CCCCC3)cc2)c2ccc(Oc3ccccc3)cc2)cc1. The molecule has 0 saturated carbocycles. The number of amides is 1. The van der Waals surface area contributed by atoms with E-state index in [0.29, 0.717) is 22.9 Å². The van der Waals surface area contributed by atoms with Crippen LogP contribution < -0.4 is 19.3 Å². The largest absolute Gasteiger partial charge is 0.457 e. The Morgan fingerprint density at radius 2 is 1.43 bits per heavy atom. The van der Waals surface area contributed by atoms with Crippen LogP contribution in [0.15, 0.2) is 108 Å². The van der Waals surface area contributed by atoms with E-state index in [4.69, 9.17) is 4.74 Å². The summed E-state index contributed by atoms with van der Waals surface area (Å²) in [6.45, 7) is 3.58. The molecule has 1 N–H and O–H groups in total. The maximum Gasteiger partial charge on any atom is 0.264 e. The first-order valence-electron chi connectivity index (χ1n) is 13.5. The molecule has 0 aliphatic carbocycles. The maximum atomic E-state index is 13.7. The van der Waals surface area contributed by atoms with Crippen molar-refractivity contribution in [2.24, 2.45) is 0 Å². The van der Waals surface area contributed by atoms with E-state index in [9.17, 15) is 13.2 Å². The molecule has 0 atom stereocenters. The van der Waals surface area contributed by atoms with Crippen LogP contribution in [-0.2, 0) is 14.8 Å². The lowest BCUT2D eigenvalue weighted by Gasteiger charge is -2.29. The van der Waals surface area contributed by atoms with Crippen molar-refractivity contribution < 1.29 is 17.9 Å². The number of ether oxygens (including phenoxy) is 1. The van der Waals surface area contributed by atoms with Crippen molar-refractivity contribution in [1.29, 1.82) is 0 Å². The Balaban J connectivity index is 1.35. The van der Waals surface area contributed by atoms with Gasteiger partial charge in [0.15, 0.2) is 0 Å². The van der Waals surface area contributed by atoms with E-state index in [1.54, 1.807) is 48.5 Å².